The molecule has 0 fully saturated rings. The molecular weight excluding hydrogens is 214 g/mol. The molecule has 0 spiro atoms. The summed E-state index contributed by atoms with van der Waals surface area (Å²) in [5.74, 6) is 1.49. The molecule has 0 saturated carbocycles. The van der Waals surface area contributed by atoms with Gasteiger partial charge in [-0.1, -0.05) is 12.1 Å². The highest BCUT2D eigenvalue weighted by molar-refractivity contribution is 5.79. The van der Waals surface area contributed by atoms with Crippen LogP contribution in [0.3, 0.4) is 0 Å². The summed E-state index contributed by atoms with van der Waals surface area (Å²) in [5.41, 5.74) is 1.57. The van der Waals surface area contributed by atoms with Crippen LogP contribution in [-0.4, -0.2) is 21.1 Å². The molecule has 1 aromatic heterocycles. The van der Waals surface area contributed by atoms with Crippen molar-refractivity contribution in [3.8, 4) is 6.07 Å². The number of hydrogen-bond acceptors (Lipinski definition) is 4. The lowest BCUT2D eigenvalue weighted by Gasteiger charge is -1.97. The van der Waals surface area contributed by atoms with Crippen LogP contribution < -0.4 is 0 Å². The molecule has 0 N–H and O–H groups in total. The minimum atomic E-state index is 0.638. The Hall–Kier alpha value is -2.48. The summed E-state index contributed by atoms with van der Waals surface area (Å²) < 4.78 is 1.66. The van der Waals surface area contributed by atoms with Gasteiger partial charge in [-0.15, -0.1) is 10.2 Å². The van der Waals surface area contributed by atoms with Gasteiger partial charge >= 0.3 is 0 Å². The number of aryl methyl sites for hydroxylation is 2. The van der Waals surface area contributed by atoms with Crippen molar-refractivity contribution in [2.45, 2.75) is 13.8 Å². The van der Waals surface area contributed by atoms with Gasteiger partial charge < -0.3 is 0 Å². The van der Waals surface area contributed by atoms with E-state index < -0.39 is 0 Å². The number of benzene rings is 1. The van der Waals surface area contributed by atoms with Gasteiger partial charge in [-0.25, -0.2) is 4.68 Å². The van der Waals surface area contributed by atoms with Crippen molar-refractivity contribution < 1.29 is 0 Å². The van der Waals surface area contributed by atoms with Gasteiger partial charge in [-0.2, -0.15) is 10.4 Å². The number of nitrogens with zero attached hydrogens (tertiary/aromatic N) is 5. The fourth-order valence-electron chi connectivity index (χ4n) is 1.40. The van der Waals surface area contributed by atoms with E-state index in [1.807, 2.05) is 26.0 Å². The van der Waals surface area contributed by atoms with Gasteiger partial charge in [0, 0.05) is 0 Å². The van der Waals surface area contributed by atoms with E-state index in [9.17, 15) is 0 Å². The molecule has 0 bridgehead atoms. The Bertz CT molecular complexity index is 567. The predicted octanol–water partition coefficient (Wildman–Crippen LogP) is 1.65. The van der Waals surface area contributed by atoms with Crippen LogP contribution in [0.5, 0.6) is 0 Å². The van der Waals surface area contributed by atoms with Gasteiger partial charge in [0.1, 0.15) is 0 Å². The highest BCUT2D eigenvalue weighted by atomic mass is 15.4. The summed E-state index contributed by atoms with van der Waals surface area (Å²) in [6.45, 7) is 3.69. The number of hydrogen-bond donors (Lipinski definition) is 0. The lowest BCUT2D eigenvalue weighted by atomic mass is 10.2. The summed E-state index contributed by atoms with van der Waals surface area (Å²) in [6, 6.07) is 9.28. The van der Waals surface area contributed by atoms with E-state index in [0.717, 1.165) is 17.2 Å². The highest BCUT2D eigenvalue weighted by Gasteiger charge is 2.00. The van der Waals surface area contributed by atoms with Crippen molar-refractivity contribution in [2.75, 3.05) is 0 Å². The Morgan fingerprint density at radius 3 is 2.29 bits per heavy atom. The van der Waals surface area contributed by atoms with Gasteiger partial charge in [-0.05, 0) is 31.5 Å². The van der Waals surface area contributed by atoms with Gasteiger partial charge in [0.2, 0.25) is 0 Å². The molecule has 0 atom stereocenters. The van der Waals surface area contributed by atoms with Crippen LogP contribution in [-0.2, 0) is 0 Å². The van der Waals surface area contributed by atoms with Crippen molar-refractivity contribution in [1.29, 1.82) is 5.26 Å². The first-order valence-corrected chi connectivity index (χ1v) is 5.14. The van der Waals surface area contributed by atoms with Crippen molar-refractivity contribution >= 4 is 6.21 Å². The number of aromatic nitrogens is 3. The molecule has 2 aromatic rings. The Labute approximate surface area is 99.0 Å². The second-order valence-corrected chi connectivity index (χ2v) is 3.58. The van der Waals surface area contributed by atoms with E-state index in [1.165, 1.54) is 0 Å². The lowest BCUT2D eigenvalue weighted by Crippen LogP contribution is -1.96. The molecule has 0 aliphatic rings. The molecule has 1 aromatic carbocycles. The van der Waals surface area contributed by atoms with E-state index in [2.05, 4.69) is 21.4 Å². The largest absolute Gasteiger partial charge is 0.202 e. The maximum absolute atomic E-state index is 8.68. The van der Waals surface area contributed by atoms with Gasteiger partial charge in [-0.3, -0.25) is 0 Å². The molecule has 5 heteroatoms. The smallest absolute Gasteiger partial charge is 0.151 e. The van der Waals surface area contributed by atoms with E-state index in [0.29, 0.717) is 5.56 Å². The standard InChI is InChI=1S/C12H11N5/c1-9-15-16-10(2)17(9)14-8-12-5-3-11(7-13)4-6-12/h3-6,8H,1-2H3/b14-8-. The summed E-state index contributed by atoms with van der Waals surface area (Å²) in [6.07, 6.45) is 1.71. The van der Waals surface area contributed by atoms with Crippen LogP contribution in [0, 0.1) is 25.2 Å². The van der Waals surface area contributed by atoms with E-state index in [4.69, 9.17) is 5.26 Å². The van der Waals surface area contributed by atoms with Gasteiger partial charge in [0.15, 0.2) is 11.6 Å². The van der Waals surface area contributed by atoms with Crippen LogP contribution in [0.4, 0.5) is 0 Å². The topological polar surface area (TPSA) is 66.9 Å². The Balaban J connectivity index is 2.24. The minimum absolute atomic E-state index is 0.638. The third-order valence-electron chi connectivity index (χ3n) is 2.31. The quantitative estimate of drug-likeness (QED) is 0.730. The molecule has 84 valence electrons. The lowest BCUT2D eigenvalue weighted by molar-refractivity contribution is 0.799. The second-order valence-electron chi connectivity index (χ2n) is 3.58. The van der Waals surface area contributed by atoms with Crippen molar-refractivity contribution in [1.82, 2.24) is 14.9 Å². The molecule has 5 nitrogen and oxygen atoms in total. The highest BCUT2D eigenvalue weighted by Crippen LogP contribution is 2.02. The maximum Gasteiger partial charge on any atom is 0.151 e. The first-order valence-electron chi connectivity index (χ1n) is 5.14. The SMILES string of the molecule is Cc1nnc(C)n1/N=C\c1ccc(C#N)cc1. The Morgan fingerprint density at radius 2 is 1.76 bits per heavy atom. The molecule has 0 aliphatic carbocycles. The molecule has 0 saturated heterocycles. The van der Waals surface area contributed by atoms with Gasteiger partial charge in [0.05, 0.1) is 17.8 Å². The van der Waals surface area contributed by atoms with Crippen LogP contribution in [0.1, 0.15) is 22.8 Å². The number of nitriles is 1. The van der Waals surface area contributed by atoms with Crippen LogP contribution in [0.15, 0.2) is 29.4 Å². The zero-order valence-corrected chi connectivity index (χ0v) is 9.62. The van der Waals surface area contributed by atoms with Crippen LogP contribution >= 0.6 is 0 Å². The molecule has 17 heavy (non-hydrogen) atoms. The second kappa shape index (κ2) is 4.58. The minimum Gasteiger partial charge on any atom is -0.202 e. The fourth-order valence-corrected chi connectivity index (χ4v) is 1.40. The van der Waals surface area contributed by atoms with Crippen molar-refractivity contribution in [3.63, 3.8) is 0 Å². The van der Waals surface area contributed by atoms with Crippen LogP contribution in [0.2, 0.25) is 0 Å². The zero-order valence-electron chi connectivity index (χ0n) is 9.62. The molecular formula is C12H11N5. The Kier molecular flexibility index (Phi) is 2.97. The van der Waals surface area contributed by atoms with Crippen molar-refractivity contribution in [3.05, 3.63) is 47.0 Å². The van der Waals surface area contributed by atoms with E-state index in [1.54, 1.807) is 23.0 Å². The number of rotatable bonds is 2. The summed E-state index contributed by atoms with van der Waals surface area (Å²) in [4.78, 5) is 0. The molecule has 0 aliphatic heterocycles. The monoisotopic (exact) mass is 225 g/mol. The average Bonchev–Trinajstić information content (AvgIpc) is 2.67. The average molecular weight is 225 g/mol. The molecule has 2 rings (SSSR count). The first-order chi connectivity index (χ1) is 8.20. The third kappa shape index (κ3) is 2.37. The Morgan fingerprint density at radius 1 is 1.18 bits per heavy atom. The van der Waals surface area contributed by atoms with Crippen molar-refractivity contribution in [2.24, 2.45) is 5.10 Å². The fraction of sp³-hybridized carbons (Fsp3) is 0.167. The maximum atomic E-state index is 8.68. The summed E-state index contributed by atoms with van der Waals surface area (Å²) in [7, 11) is 0. The van der Waals surface area contributed by atoms with E-state index >= 15 is 0 Å². The predicted molar refractivity (Wildman–Crippen MR) is 63.6 cm³/mol. The van der Waals surface area contributed by atoms with E-state index in [-0.39, 0.29) is 0 Å². The normalized spacial score (nSPS) is 10.6. The molecule has 1 heterocycles. The molecule has 0 amide bonds. The summed E-state index contributed by atoms with van der Waals surface area (Å²) in [5, 5.41) is 20.8. The van der Waals surface area contributed by atoms with Crippen LogP contribution in [0.25, 0.3) is 0 Å². The summed E-state index contributed by atoms with van der Waals surface area (Å²) >= 11 is 0. The van der Waals surface area contributed by atoms with Gasteiger partial charge in [0.25, 0.3) is 0 Å². The molecule has 0 unspecified atom stereocenters. The zero-order chi connectivity index (χ0) is 12.3. The first kappa shape index (κ1) is 11.0. The molecule has 0 radical (unpaired) electrons. The third-order valence-corrected chi connectivity index (χ3v) is 2.31.